The van der Waals surface area contributed by atoms with Crippen LogP contribution in [-0.4, -0.2) is 5.66 Å². The summed E-state index contributed by atoms with van der Waals surface area (Å²) < 4.78 is 0. The molecule has 0 heterocycles. The number of hydrogen-bond acceptors (Lipinski definition) is 2. The zero-order chi connectivity index (χ0) is 15.3. The Bertz CT molecular complexity index is 196. The molecule has 20 heavy (non-hydrogen) atoms. The first-order chi connectivity index (χ1) is 9.48. The van der Waals surface area contributed by atoms with Crippen molar-refractivity contribution < 1.29 is 0 Å². The molecule has 0 bridgehead atoms. The molecule has 0 fully saturated rings. The molecule has 0 amide bonds. The highest BCUT2D eigenvalue weighted by Crippen LogP contribution is 2.18. The molecule has 0 rings (SSSR count). The van der Waals surface area contributed by atoms with Crippen LogP contribution in [0.15, 0.2) is 0 Å². The Labute approximate surface area is 128 Å². The highest BCUT2D eigenvalue weighted by molar-refractivity contribution is 4.76. The molecule has 0 aromatic carbocycles. The average Bonchev–Trinajstić information content (AvgIpc) is 2.38. The largest absolute Gasteiger partial charge is 0.314 e. The quantitative estimate of drug-likeness (QED) is 0.334. The molecular formula is C18H40N2. The normalized spacial score (nSPS) is 13.7. The second-order valence-electron chi connectivity index (χ2n) is 6.94. The van der Waals surface area contributed by atoms with Crippen LogP contribution in [0.4, 0.5) is 0 Å². The predicted octanol–water partition coefficient (Wildman–Crippen LogP) is 5.35. The van der Waals surface area contributed by atoms with Crippen molar-refractivity contribution in [3.63, 3.8) is 0 Å². The van der Waals surface area contributed by atoms with E-state index in [1.54, 1.807) is 0 Å². The topological polar surface area (TPSA) is 52.0 Å². The van der Waals surface area contributed by atoms with Crippen LogP contribution < -0.4 is 11.5 Å². The van der Waals surface area contributed by atoms with Gasteiger partial charge in [0.2, 0.25) is 0 Å². The molecule has 0 spiro atoms. The first-order valence-corrected chi connectivity index (χ1v) is 9.06. The Balaban J connectivity index is 3.14. The zero-order valence-electron chi connectivity index (χ0n) is 14.4. The Hall–Kier alpha value is -0.0800. The molecule has 0 aliphatic carbocycles. The Kier molecular flexibility index (Phi) is 12.6. The van der Waals surface area contributed by atoms with E-state index in [1.165, 1.54) is 83.5 Å². The van der Waals surface area contributed by atoms with E-state index >= 15 is 0 Å². The van der Waals surface area contributed by atoms with Crippen molar-refractivity contribution in [2.24, 2.45) is 17.4 Å². The minimum absolute atomic E-state index is 0.422. The highest BCUT2D eigenvalue weighted by Gasteiger charge is 2.19. The molecule has 2 nitrogen and oxygen atoms in total. The monoisotopic (exact) mass is 284 g/mol. The van der Waals surface area contributed by atoms with E-state index in [1.807, 2.05) is 6.92 Å². The van der Waals surface area contributed by atoms with Crippen molar-refractivity contribution in [2.45, 2.75) is 110 Å². The summed E-state index contributed by atoms with van der Waals surface area (Å²) in [6.07, 6.45) is 18.0. The fourth-order valence-corrected chi connectivity index (χ4v) is 2.60. The fourth-order valence-electron chi connectivity index (χ4n) is 2.60. The van der Waals surface area contributed by atoms with Crippen LogP contribution in [0.1, 0.15) is 104 Å². The molecular weight excluding hydrogens is 244 g/mol. The number of hydrogen-bond donors (Lipinski definition) is 2. The third-order valence-corrected chi connectivity index (χ3v) is 4.55. The van der Waals surface area contributed by atoms with Gasteiger partial charge in [0.15, 0.2) is 0 Å². The van der Waals surface area contributed by atoms with Crippen LogP contribution >= 0.6 is 0 Å². The van der Waals surface area contributed by atoms with E-state index in [0.717, 1.165) is 0 Å². The van der Waals surface area contributed by atoms with Gasteiger partial charge >= 0.3 is 0 Å². The van der Waals surface area contributed by atoms with E-state index in [9.17, 15) is 0 Å². The average molecular weight is 285 g/mol. The summed E-state index contributed by atoms with van der Waals surface area (Å²) in [7, 11) is 0. The van der Waals surface area contributed by atoms with Crippen molar-refractivity contribution in [2.75, 3.05) is 0 Å². The molecule has 0 aromatic heterocycles. The molecule has 0 aliphatic heterocycles. The molecule has 0 saturated heterocycles. The summed E-state index contributed by atoms with van der Waals surface area (Å²) in [4.78, 5) is 0. The van der Waals surface area contributed by atoms with E-state index in [2.05, 4.69) is 13.8 Å². The number of rotatable bonds is 14. The van der Waals surface area contributed by atoms with Gasteiger partial charge in [0.1, 0.15) is 0 Å². The third-order valence-electron chi connectivity index (χ3n) is 4.55. The van der Waals surface area contributed by atoms with Gasteiger partial charge < -0.3 is 11.5 Å². The van der Waals surface area contributed by atoms with Gasteiger partial charge in [-0.2, -0.15) is 0 Å². The summed E-state index contributed by atoms with van der Waals surface area (Å²) in [5.74, 6) is 0.422. The molecule has 0 saturated carbocycles. The van der Waals surface area contributed by atoms with Crippen LogP contribution in [-0.2, 0) is 0 Å². The lowest BCUT2D eigenvalue weighted by Gasteiger charge is -2.26. The Morgan fingerprint density at radius 3 is 1.40 bits per heavy atom. The van der Waals surface area contributed by atoms with Crippen LogP contribution in [0.25, 0.3) is 0 Å². The van der Waals surface area contributed by atoms with E-state index < -0.39 is 5.66 Å². The van der Waals surface area contributed by atoms with Gasteiger partial charge in [-0.3, -0.25) is 0 Å². The van der Waals surface area contributed by atoms with Gasteiger partial charge in [-0.25, -0.2) is 0 Å². The van der Waals surface area contributed by atoms with Crippen molar-refractivity contribution in [1.82, 2.24) is 0 Å². The lowest BCUT2D eigenvalue weighted by Crippen LogP contribution is -2.51. The lowest BCUT2D eigenvalue weighted by molar-refractivity contribution is 0.300. The second kappa shape index (κ2) is 12.6. The van der Waals surface area contributed by atoms with Crippen LogP contribution in [0, 0.1) is 5.92 Å². The van der Waals surface area contributed by atoms with Crippen molar-refractivity contribution in [3.05, 3.63) is 0 Å². The summed E-state index contributed by atoms with van der Waals surface area (Å²) in [5, 5.41) is 0. The Morgan fingerprint density at radius 2 is 1.05 bits per heavy atom. The maximum Gasteiger partial charge on any atom is 0.0633 e. The summed E-state index contributed by atoms with van der Waals surface area (Å²) >= 11 is 0. The molecule has 1 atom stereocenters. The predicted molar refractivity (Wildman–Crippen MR) is 91.6 cm³/mol. The van der Waals surface area contributed by atoms with Crippen LogP contribution in [0.3, 0.4) is 0 Å². The van der Waals surface area contributed by atoms with E-state index in [4.69, 9.17) is 11.5 Å². The first-order valence-electron chi connectivity index (χ1n) is 9.06. The molecule has 0 radical (unpaired) electrons. The van der Waals surface area contributed by atoms with Gasteiger partial charge in [-0.05, 0) is 19.3 Å². The molecule has 1 unspecified atom stereocenters. The molecule has 0 aromatic rings. The van der Waals surface area contributed by atoms with Gasteiger partial charge in [0, 0.05) is 0 Å². The maximum absolute atomic E-state index is 5.90. The SMILES string of the molecule is CCCCCCCCCCCCCCC(C)C(C)(N)N. The molecule has 122 valence electrons. The number of nitrogens with two attached hydrogens (primary N) is 2. The van der Waals surface area contributed by atoms with Crippen molar-refractivity contribution in [3.8, 4) is 0 Å². The maximum atomic E-state index is 5.90. The minimum atomic E-state index is -0.502. The van der Waals surface area contributed by atoms with Gasteiger partial charge in [0.05, 0.1) is 5.66 Å². The van der Waals surface area contributed by atoms with Crippen LogP contribution in [0.5, 0.6) is 0 Å². The van der Waals surface area contributed by atoms with Crippen molar-refractivity contribution >= 4 is 0 Å². The van der Waals surface area contributed by atoms with E-state index in [-0.39, 0.29) is 0 Å². The van der Waals surface area contributed by atoms with Gasteiger partial charge in [0.25, 0.3) is 0 Å². The Morgan fingerprint density at radius 1 is 0.700 bits per heavy atom. The first kappa shape index (κ1) is 19.9. The highest BCUT2D eigenvalue weighted by atomic mass is 14.9. The third kappa shape index (κ3) is 12.9. The summed E-state index contributed by atoms with van der Waals surface area (Å²) in [5.41, 5.74) is 11.3. The number of unbranched alkanes of at least 4 members (excludes halogenated alkanes) is 11. The summed E-state index contributed by atoms with van der Waals surface area (Å²) in [6.45, 7) is 6.37. The molecule has 4 N–H and O–H groups in total. The lowest BCUT2D eigenvalue weighted by atomic mass is 9.92. The molecule has 0 aliphatic rings. The summed E-state index contributed by atoms with van der Waals surface area (Å²) in [6, 6.07) is 0. The van der Waals surface area contributed by atoms with Gasteiger partial charge in [-0.15, -0.1) is 0 Å². The molecule has 2 heteroatoms. The second-order valence-corrected chi connectivity index (χ2v) is 6.94. The van der Waals surface area contributed by atoms with Gasteiger partial charge in [-0.1, -0.05) is 90.9 Å². The van der Waals surface area contributed by atoms with Crippen molar-refractivity contribution in [1.29, 1.82) is 0 Å². The zero-order valence-corrected chi connectivity index (χ0v) is 14.4. The fraction of sp³-hybridized carbons (Fsp3) is 1.00. The van der Waals surface area contributed by atoms with Crippen LogP contribution in [0.2, 0.25) is 0 Å². The standard InChI is InChI=1S/C18H40N2/c1-4-5-6-7-8-9-10-11-12-13-14-15-16-17(2)18(3,19)20/h17H,4-16,19-20H2,1-3H3. The smallest absolute Gasteiger partial charge is 0.0633 e. The minimum Gasteiger partial charge on any atom is -0.314 e. The van der Waals surface area contributed by atoms with E-state index in [0.29, 0.717) is 5.92 Å².